The maximum absolute atomic E-state index is 12.9. The molecule has 2 aromatic carbocycles. The fraction of sp³-hybridized carbons (Fsp3) is 0.276. The summed E-state index contributed by atoms with van der Waals surface area (Å²) in [5, 5.41) is 9.94. The third kappa shape index (κ3) is 8.02. The molecule has 0 bridgehead atoms. The van der Waals surface area contributed by atoms with Crippen LogP contribution in [0.1, 0.15) is 16.7 Å². The zero-order valence-corrected chi connectivity index (χ0v) is 25.2. The minimum Gasteiger partial charge on any atom is -0.406 e. The number of rotatable bonds is 10. The molecule has 0 spiro atoms. The first-order valence-electron chi connectivity index (χ1n) is 13.5. The van der Waals surface area contributed by atoms with E-state index in [9.17, 15) is 22.8 Å². The van der Waals surface area contributed by atoms with Gasteiger partial charge in [0, 0.05) is 32.5 Å². The van der Waals surface area contributed by atoms with Crippen molar-refractivity contribution < 1.29 is 32.2 Å². The fourth-order valence-electron chi connectivity index (χ4n) is 4.52. The molecule has 2 N–H and O–H groups in total. The van der Waals surface area contributed by atoms with Crippen LogP contribution in [0.15, 0.2) is 67.1 Å². The molecule has 3 amide bonds. The summed E-state index contributed by atoms with van der Waals surface area (Å²) in [6.45, 7) is 2.64. The summed E-state index contributed by atoms with van der Waals surface area (Å²) < 4.78 is 47.9. The van der Waals surface area contributed by atoms with Crippen molar-refractivity contribution in [2.75, 3.05) is 35.0 Å². The van der Waals surface area contributed by atoms with E-state index in [0.29, 0.717) is 36.3 Å². The lowest BCUT2D eigenvalue weighted by Crippen LogP contribution is -2.46. The number of amides is 3. The maximum Gasteiger partial charge on any atom is 0.573 e. The summed E-state index contributed by atoms with van der Waals surface area (Å²) in [5.74, 6) is 0.466. The molecule has 0 radical (unpaired) electrons. The number of thioether (sulfide) groups is 1. The Balaban J connectivity index is 1.17. The lowest BCUT2D eigenvalue weighted by molar-refractivity contribution is -0.274. The van der Waals surface area contributed by atoms with E-state index in [2.05, 4.69) is 30.4 Å². The van der Waals surface area contributed by atoms with Crippen molar-refractivity contribution in [2.24, 2.45) is 0 Å². The van der Waals surface area contributed by atoms with Crippen LogP contribution < -0.4 is 25.2 Å². The molecule has 3 heterocycles. The number of urea groups is 1. The molecule has 1 atom stereocenters. The SMILES string of the molecule is COCc1ccc(C)cc1N1C(=O)CSC1NC(=O)Nc1ccc(CN(C)c2ncn(-c3ccc(OC(F)(F)F)cc3)n2)cn1. The Hall–Kier alpha value is -4.83. The Morgan fingerprint density at radius 2 is 1.91 bits per heavy atom. The molecule has 1 saturated heterocycles. The van der Waals surface area contributed by atoms with Gasteiger partial charge in [-0.3, -0.25) is 15.0 Å². The van der Waals surface area contributed by atoms with E-state index in [1.54, 1.807) is 42.3 Å². The van der Waals surface area contributed by atoms with Crippen LogP contribution in [-0.4, -0.2) is 63.5 Å². The number of methoxy groups -OCH3 is 1. The van der Waals surface area contributed by atoms with Crippen molar-refractivity contribution in [3.63, 3.8) is 0 Å². The average Bonchev–Trinajstić information content (AvgIpc) is 3.62. The van der Waals surface area contributed by atoms with Gasteiger partial charge >= 0.3 is 12.4 Å². The van der Waals surface area contributed by atoms with Gasteiger partial charge in [-0.1, -0.05) is 18.2 Å². The molecule has 1 aliphatic rings. The summed E-state index contributed by atoms with van der Waals surface area (Å²) in [5.41, 5.74) is 3.21. The highest BCUT2D eigenvalue weighted by Gasteiger charge is 2.35. The van der Waals surface area contributed by atoms with Crippen molar-refractivity contribution >= 4 is 41.2 Å². The van der Waals surface area contributed by atoms with Gasteiger partial charge in [0.25, 0.3) is 0 Å². The molecule has 1 fully saturated rings. The highest BCUT2D eigenvalue weighted by atomic mass is 32.2. The lowest BCUT2D eigenvalue weighted by atomic mass is 10.1. The number of anilines is 3. The number of carbonyl (C=O) groups excluding carboxylic acids is 2. The van der Waals surface area contributed by atoms with Crippen molar-refractivity contribution in [2.45, 2.75) is 31.9 Å². The van der Waals surface area contributed by atoms with E-state index < -0.39 is 17.9 Å². The first-order valence-corrected chi connectivity index (χ1v) is 14.6. The van der Waals surface area contributed by atoms with Crippen LogP contribution in [0.5, 0.6) is 5.75 Å². The summed E-state index contributed by atoms with van der Waals surface area (Å²) in [6, 6.07) is 13.9. The molecule has 236 valence electrons. The number of aromatic nitrogens is 4. The zero-order chi connectivity index (χ0) is 32.1. The average molecular weight is 643 g/mol. The predicted octanol–water partition coefficient (Wildman–Crippen LogP) is 4.84. The summed E-state index contributed by atoms with van der Waals surface area (Å²) in [4.78, 5) is 37.6. The van der Waals surface area contributed by atoms with E-state index in [1.807, 2.05) is 25.1 Å². The van der Waals surface area contributed by atoms with Gasteiger partial charge < -0.3 is 19.7 Å². The van der Waals surface area contributed by atoms with Gasteiger partial charge in [-0.15, -0.1) is 30.0 Å². The van der Waals surface area contributed by atoms with Gasteiger partial charge in [0.05, 0.1) is 23.7 Å². The summed E-state index contributed by atoms with van der Waals surface area (Å²) in [7, 11) is 3.36. The molecule has 16 heteroatoms. The number of hydrogen-bond donors (Lipinski definition) is 2. The van der Waals surface area contributed by atoms with Crippen LogP contribution in [0.2, 0.25) is 0 Å². The largest absolute Gasteiger partial charge is 0.573 e. The number of carbonyl (C=O) groups is 2. The van der Waals surface area contributed by atoms with Gasteiger partial charge in [-0.2, -0.15) is 4.98 Å². The molecule has 2 aromatic heterocycles. The minimum atomic E-state index is -4.77. The Kier molecular flexibility index (Phi) is 9.43. The second-order valence-electron chi connectivity index (χ2n) is 10.0. The lowest BCUT2D eigenvalue weighted by Gasteiger charge is -2.27. The highest BCUT2D eigenvalue weighted by Crippen LogP contribution is 2.33. The van der Waals surface area contributed by atoms with E-state index >= 15 is 0 Å². The Bertz CT molecular complexity index is 1650. The minimum absolute atomic E-state index is 0.118. The second-order valence-corrected chi connectivity index (χ2v) is 11.1. The van der Waals surface area contributed by atoms with E-state index in [0.717, 1.165) is 16.7 Å². The number of aryl methyl sites for hydroxylation is 1. The smallest absolute Gasteiger partial charge is 0.406 e. The number of alkyl halides is 3. The molecule has 1 unspecified atom stereocenters. The quantitative estimate of drug-likeness (QED) is 0.250. The fourth-order valence-corrected chi connectivity index (χ4v) is 5.53. The second kappa shape index (κ2) is 13.4. The van der Waals surface area contributed by atoms with Crippen LogP contribution in [0, 0.1) is 6.92 Å². The number of benzene rings is 2. The van der Waals surface area contributed by atoms with E-state index in [4.69, 9.17) is 4.74 Å². The Morgan fingerprint density at radius 1 is 1.13 bits per heavy atom. The number of halogens is 3. The van der Waals surface area contributed by atoms with Gasteiger partial charge in [-0.25, -0.2) is 14.5 Å². The number of nitrogens with one attached hydrogen (secondary N) is 2. The predicted molar refractivity (Wildman–Crippen MR) is 162 cm³/mol. The molecule has 45 heavy (non-hydrogen) atoms. The third-order valence-electron chi connectivity index (χ3n) is 6.56. The molecular weight excluding hydrogens is 613 g/mol. The van der Waals surface area contributed by atoms with Gasteiger partial charge in [0.1, 0.15) is 17.9 Å². The molecule has 4 aromatic rings. The van der Waals surface area contributed by atoms with Crippen molar-refractivity contribution in [1.29, 1.82) is 0 Å². The number of ether oxygens (including phenoxy) is 2. The Labute approximate surface area is 260 Å². The summed E-state index contributed by atoms with van der Waals surface area (Å²) >= 11 is 1.31. The van der Waals surface area contributed by atoms with Crippen LogP contribution in [0.25, 0.3) is 5.69 Å². The van der Waals surface area contributed by atoms with Crippen LogP contribution in [0.4, 0.5) is 35.4 Å². The normalized spacial score (nSPS) is 14.8. The van der Waals surface area contributed by atoms with E-state index in [1.165, 1.54) is 47.0 Å². The topological polar surface area (TPSA) is 127 Å². The molecule has 1 aliphatic heterocycles. The van der Waals surface area contributed by atoms with E-state index in [-0.39, 0.29) is 17.4 Å². The van der Waals surface area contributed by atoms with Gasteiger partial charge in [0.2, 0.25) is 11.9 Å². The van der Waals surface area contributed by atoms with Crippen molar-refractivity contribution in [3.05, 3.63) is 83.8 Å². The first-order chi connectivity index (χ1) is 21.5. The van der Waals surface area contributed by atoms with Crippen molar-refractivity contribution in [3.8, 4) is 11.4 Å². The molecule has 0 saturated carbocycles. The molecular formula is C29H29F3N8O4S. The number of nitrogens with zero attached hydrogens (tertiary/aromatic N) is 6. The van der Waals surface area contributed by atoms with Gasteiger partial charge in [0.15, 0.2) is 5.50 Å². The monoisotopic (exact) mass is 642 g/mol. The zero-order valence-electron chi connectivity index (χ0n) is 24.4. The van der Waals surface area contributed by atoms with Gasteiger partial charge in [-0.05, 0) is 54.4 Å². The number of pyridine rings is 1. The molecule has 12 nitrogen and oxygen atoms in total. The standard InChI is InChI=1S/C29H29F3N8O4S/c1-18-4-6-20(15-43-3)23(12-18)40-25(41)16-45-28(40)36-27(42)35-24-11-5-19(13-33-24)14-38(2)26-34-17-39(37-26)21-7-9-22(10-8-21)44-29(30,31)32/h4-13,17,28H,14-16H2,1-3H3,(H2,33,35,36,42). The highest BCUT2D eigenvalue weighted by molar-refractivity contribution is 8.01. The van der Waals surface area contributed by atoms with Crippen LogP contribution >= 0.6 is 11.8 Å². The maximum atomic E-state index is 12.9. The molecule has 0 aliphatic carbocycles. The van der Waals surface area contributed by atoms with Crippen molar-refractivity contribution in [1.82, 2.24) is 25.1 Å². The first kappa shape index (κ1) is 31.6. The molecule has 5 rings (SSSR count). The van der Waals surface area contributed by atoms with Crippen LogP contribution in [-0.2, 0) is 22.7 Å². The Morgan fingerprint density at radius 3 is 2.60 bits per heavy atom. The number of hydrogen-bond acceptors (Lipinski definition) is 9. The third-order valence-corrected chi connectivity index (χ3v) is 7.62. The summed E-state index contributed by atoms with van der Waals surface area (Å²) in [6.07, 6.45) is -1.72. The van der Waals surface area contributed by atoms with Crippen LogP contribution in [0.3, 0.4) is 0 Å².